The number of aromatic nitrogens is 4. The van der Waals surface area contributed by atoms with E-state index in [1.807, 2.05) is 42.8 Å². The number of nitrogens with one attached hydrogen (secondary N) is 1. The van der Waals surface area contributed by atoms with E-state index in [2.05, 4.69) is 21.4 Å². The van der Waals surface area contributed by atoms with Crippen molar-refractivity contribution < 1.29 is 14.3 Å². The first kappa shape index (κ1) is 27.2. The number of carbonyl (C=O) groups is 2. The maximum atomic E-state index is 13.2. The van der Waals surface area contributed by atoms with Crippen molar-refractivity contribution in [3.05, 3.63) is 106 Å². The largest absolute Gasteiger partial charge is 0.497 e. The van der Waals surface area contributed by atoms with E-state index in [-0.39, 0.29) is 12.5 Å². The van der Waals surface area contributed by atoms with E-state index in [1.54, 1.807) is 49.8 Å². The molecular weight excluding hydrogens is 516 g/mol. The number of carbonyl (C=O) groups excluding carboxylic acids is 2. The summed E-state index contributed by atoms with van der Waals surface area (Å²) >= 11 is 0. The van der Waals surface area contributed by atoms with Crippen LogP contribution in [0.1, 0.15) is 55.8 Å². The Hall–Kier alpha value is -5.36. The topological polar surface area (TPSA) is 123 Å². The third kappa shape index (κ3) is 5.68. The van der Waals surface area contributed by atoms with E-state index < -0.39 is 0 Å². The minimum atomic E-state index is -0.272. The lowest BCUT2D eigenvalue weighted by molar-refractivity contribution is 0.0950. The van der Waals surface area contributed by atoms with Crippen LogP contribution in [0.3, 0.4) is 0 Å². The molecule has 1 N–H and O–H groups in total. The molecule has 9 nitrogen and oxygen atoms in total. The SMILES string of the molecule is CCn1nc(Cc2ccc(C(=O)NCc3cnc(C)cn3)cc2-c2ccc(OC)cc2C=O)c2ccc(C#N)cc21. The van der Waals surface area contributed by atoms with Gasteiger partial charge in [-0.15, -0.1) is 0 Å². The van der Waals surface area contributed by atoms with Crippen molar-refractivity contribution in [2.24, 2.45) is 0 Å². The summed E-state index contributed by atoms with van der Waals surface area (Å²) in [5.41, 5.74) is 6.95. The van der Waals surface area contributed by atoms with Gasteiger partial charge in [-0.05, 0) is 79.1 Å². The first-order valence-electron chi connectivity index (χ1n) is 13.2. The molecule has 5 rings (SSSR count). The van der Waals surface area contributed by atoms with Gasteiger partial charge in [-0.2, -0.15) is 10.4 Å². The van der Waals surface area contributed by atoms with Crippen LogP contribution in [0.25, 0.3) is 22.0 Å². The fraction of sp³-hybridized carbons (Fsp3) is 0.188. The number of aryl methyl sites for hydroxylation is 2. The van der Waals surface area contributed by atoms with Gasteiger partial charge in [-0.3, -0.25) is 24.2 Å². The van der Waals surface area contributed by atoms with Crippen molar-refractivity contribution in [3.8, 4) is 22.9 Å². The Labute approximate surface area is 237 Å². The Bertz CT molecular complexity index is 1800. The molecule has 0 bridgehead atoms. The van der Waals surface area contributed by atoms with Crippen molar-refractivity contribution in [2.45, 2.75) is 33.4 Å². The summed E-state index contributed by atoms with van der Waals surface area (Å²) in [5.74, 6) is 0.289. The van der Waals surface area contributed by atoms with E-state index in [1.165, 1.54) is 0 Å². The smallest absolute Gasteiger partial charge is 0.251 e. The molecule has 3 aromatic carbocycles. The molecule has 1 amide bonds. The van der Waals surface area contributed by atoms with Gasteiger partial charge in [0, 0.05) is 35.7 Å². The Morgan fingerprint density at radius 1 is 1.07 bits per heavy atom. The van der Waals surface area contributed by atoms with Gasteiger partial charge in [-0.1, -0.05) is 6.07 Å². The second kappa shape index (κ2) is 11.8. The summed E-state index contributed by atoms with van der Waals surface area (Å²) in [6.45, 7) is 4.74. The quantitative estimate of drug-likeness (QED) is 0.258. The number of nitrogens with zero attached hydrogens (tertiary/aromatic N) is 5. The van der Waals surface area contributed by atoms with Crippen molar-refractivity contribution >= 4 is 23.1 Å². The van der Waals surface area contributed by atoms with E-state index in [9.17, 15) is 14.9 Å². The summed E-state index contributed by atoms with van der Waals surface area (Å²) in [6.07, 6.45) is 4.53. The first-order chi connectivity index (χ1) is 19.9. The molecule has 0 saturated carbocycles. The summed E-state index contributed by atoms with van der Waals surface area (Å²) in [5, 5.41) is 18.1. The van der Waals surface area contributed by atoms with Crippen LogP contribution < -0.4 is 10.1 Å². The predicted molar refractivity (Wildman–Crippen MR) is 155 cm³/mol. The van der Waals surface area contributed by atoms with Crippen molar-refractivity contribution in [1.82, 2.24) is 25.1 Å². The lowest BCUT2D eigenvalue weighted by Gasteiger charge is -2.15. The molecule has 0 aliphatic rings. The minimum Gasteiger partial charge on any atom is -0.497 e. The third-order valence-corrected chi connectivity index (χ3v) is 6.93. The number of hydrogen-bond acceptors (Lipinski definition) is 7. The molecule has 0 saturated heterocycles. The number of ether oxygens (including phenoxy) is 1. The fourth-order valence-corrected chi connectivity index (χ4v) is 4.78. The molecule has 0 atom stereocenters. The maximum Gasteiger partial charge on any atom is 0.251 e. The number of benzene rings is 3. The van der Waals surface area contributed by atoms with E-state index in [4.69, 9.17) is 9.84 Å². The van der Waals surface area contributed by atoms with Gasteiger partial charge in [0.15, 0.2) is 6.29 Å². The number of fused-ring (bicyclic) bond motifs is 1. The zero-order valence-electron chi connectivity index (χ0n) is 23.0. The Morgan fingerprint density at radius 3 is 2.63 bits per heavy atom. The lowest BCUT2D eigenvalue weighted by atomic mass is 9.91. The van der Waals surface area contributed by atoms with E-state index in [0.717, 1.165) is 39.7 Å². The molecule has 0 radical (unpaired) electrons. The number of rotatable bonds is 9. The summed E-state index contributed by atoms with van der Waals surface area (Å²) < 4.78 is 7.21. The summed E-state index contributed by atoms with van der Waals surface area (Å²) in [4.78, 5) is 33.8. The molecule has 0 unspecified atom stereocenters. The normalized spacial score (nSPS) is 10.8. The van der Waals surface area contributed by atoms with Crippen LogP contribution in [0, 0.1) is 18.3 Å². The molecule has 2 heterocycles. The molecule has 2 aromatic heterocycles. The van der Waals surface area contributed by atoms with Gasteiger partial charge in [0.05, 0.1) is 54.1 Å². The predicted octanol–water partition coefficient (Wildman–Crippen LogP) is 5.04. The van der Waals surface area contributed by atoms with Gasteiger partial charge in [0.1, 0.15) is 5.75 Å². The highest BCUT2D eigenvalue weighted by Gasteiger charge is 2.18. The molecule has 0 aliphatic carbocycles. The second-order valence-electron chi connectivity index (χ2n) is 9.56. The Balaban J connectivity index is 1.56. The lowest BCUT2D eigenvalue weighted by Crippen LogP contribution is -2.23. The van der Waals surface area contributed by atoms with Gasteiger partial charge >= 0.3 is 0 Å². The van der Waals surface area contributed by atoms with Crippen molar-refractivity contribution in [1.29, 1.82) is 5.26 Å². The molecule has 5 aromatic rings. The number of methoxy groups -OCH3 is 1. The van der Waals surface area contributed by atoms with Crippen LogP contribution >= 0.6 is 0 Å². The number of amides is 1. The van der Waals surface area contributed by atoms with E-state index in [0.29, 0.717) is 46.7 Å². The zero-order chi connectivity index (χ0) is 28.9. The molecule has 0 aliphatic heterocycles. The van der Waals surface area contributed by atoms with Crippen LogP contribution in [0.2, 0.25) is 0 Å². The van der Waals surface area contributed by atoms with Crippen molar-refractivity contribution in [2.75, 3.05) is 7.11 Å². The van der Waals surface area contributed by atoms with Crippen LogP contribution in [0.15, 0.2) is 67.0 Å². The minimum absolute atomic E-state index is 0.233. The van der Waals surface area contributed by atoms with Gasteiger partial charge in [0.2, 0.25) is 0 Å². The van der Waals surface area contributed by atoms with Crippen LogP contribution in [0.5, 0.6) is 5.75 Å². The van der Waals surface area contributed by atoms with Gasteiger partial charge in [0.25, 0.3) is 5.91 Å². The number of hydrogen-bond donors (Lipinski definition) is 1. The van der Waals surface area contributed by atoms with Crippen LogP contribution in [-0.4, -0.2) is 39.1 Å². The highest BCUT2D eigenvalue weighted by molar-refractivity contribution is 5.97. The average Bonchev–Trinajstić information content (AvgIpc) is 3.36. The molecular formula is C32H28N6O3. The van der Waals surface area contributed by atoms with Crippen molar-refractivity contribution in [3.63, 3.8) is 0 Å². The standard InChI is InChI=1S/C32H28N6O3/c1-4-38-31-11-21(15-33)5-9-28(31)30(37-38)14-22-6-7-23(32(40)36-18-25-17-34-20(2)16-35-25)13-29(22)27-10-8-26(41-3)12-24(27)19-39/h5-13,16-17,19H,4,14,18H2,1-3H3,(H,36,40). The molecule has 0 fully saturated rings. The Kier molecular flexibility index (Phi) is 7.83. The fourth-order valence-electron chi connectivity index (χ4n) is 4.78. The average molecular weight is 545 g/mol. The van der Waals surface area contributed by atoms with E-state index >= 15 is 0 Å². The van der Waals surface area contributed by atoms with Gasteiger partial charge < -0.3 is 10.1 Å². The number of aldehydes is 1. The number of nitriles is 1. The third-order valence-electron chi connectivity index (χ3n) is 6.93. The molecule has 41 heavy (non-hydrogen) atoms. The monoisotopic (exact) mass is 544 g/mol. The molecule has 9 heteroatoms. The zero-order valence-corrected chi connectivity index (χ0v) is 23.0. The summed E-state index contributed by atoms with van der Waals surface area (Å²) in [6, 6.07) is 18.5. The summed E-state index contributed by atoms with van der Waals surface area (Å²) in [7, 11) is 1.55. The van der Waals surface area contributed by atoms with Crippen LogP contribution in [0.4, 0.5) is 0 Å². The Morgan fingerprint density at radius 2 is 1.93 bits per heavy atom. The second-order valence-corrected chi connectivity index (χ2v) is 9.56. The highest BCUT2D eigenvalue weighted by atomic mass is 16.5. The molecule has 0 spiro atoms. The first-order valence-corrected chi connectivity index (χ1v) is 13.2. The van der Waals surface area contributed by atoms with Crippen LogP contribution in [-0.2, 0) is 19.5 Å². The van der Waals surface area contributed by atoms with Gasteiger partial charge in [-0.25, -0.2) is 0 Å². The maximum absolute atomic E-state index is 13.2. The highest BCUT2D eigenvalue weighted by Crippen LogP contribution is 2.33. The molecule has 204 valence electrons.